The van der Waals surface area contributed by atoms with E-state index in [-0.39, 0.29) is 5.91 Å². The average Bonchev–Trinajstić information content (AvgIpc) is 2.07. The van der Waals surface area contributed by atoms with Crippen molar-refractivity contribution in [3.05, 3.63) is 18.7 Å². The van der Waals surface area contributed by atoms with Crippen LogP contribution in [-0.4, -0.2) is 17.4 Å². The van der Waals surface area contributed by atoms with Crippen molar-refractivity contribution >= 4 is 5.91 Å². The number of hydrogen-bond acceptors (Lipinski definition) is 1. The monoisotopic (exact) mass is 152 g/mol. The molecule has 0 saturated carbocycles. The number of carbonyl (C=O) groups excluding carboxylic acids is 1. The van der Waals surface area contributed by atoms with Gasteiger partial charge in [0, 0.05) is 6.54 Å². The first-order valence-corrected chi connectivity index (χ1v) is 4.11. The van der Waals surface area contributed by atoms with Gasteiger partial charge in [-0.25, -0.2) is 0 Å². The Labute approximate surface area is 67.9 Å². The number of allylic oxidation sites excluding steroid dienone is 1. The average molecular weight is 152 g/mol. The third-order valence-corrected chi connectivity index (χ3v) is 1.79. The first kappa shape index (κ1) is 8.31. The van der Waals surface area contributed by atoms with Crippen LogP contribution >= 0.6 is 0 Å². The Kier molecular flexibility index (Phi) is 3.14. The lowest BCUT2D eigenvalue weighted by atomic mass is 10.1. The topological polar surface area (TPSA) is 20.3 Å². The van der Waals surface area contributed by atoms with Crippen LogP contribution in [0.4, 0.5) is 0 Å². The molecule has 0 N–H and O–H groups in total. The molecule has 0 aromatic carbocycles. The highest BCUT2D eigenvalue weighted by atomic mass is 16.2. The van der Waals surface area contributed by atoms with Crippen LogP contribution in [0.25, 0.3) is 0 Å². The van der Waals surface area contributed by atoms with E-state index in [9.17, 15) is 4.79 Å². The molecule has 11 heavy (non-hydrogen) atoms. The third-order valence-electron chi connectivity index (χ3n) is 1.79. The zero-order valence-corrected chi connectivity index (χ0v) is 6.92. The number of carbonyl (C=O) groups is 1. The smallest absolute Gasteiger partial charge is 0.246 e. The van der Waals surface area contributed by atoms with E-state index in [1.807, 2.05) is 13.5 Å². The summed E-state index contributed by atoms with van der Waals surface area (Å²) in [6, 6.07) is 0. The molecule has 0 unspecified atom stereocenters. The highest BCUT2D eigenvalue weighted by Crippen LogP contribution is 2.12. The highest BCUT2D eigenvalue weighted by molar-refractivity contribution is 5.88. The number of piperidine rings is 1. The van der Waals surface area contributed by atoms with Crippen molar-refractivity contribution in [1.29, 1.82) is 0 Å². The van der Waals surface area contributed by atoms with Gasteiger partial charge in [-0.1, -0.05) is 6.08 Å². The lowest BCUT2D eigenvalue weighted by Crippen LogP contribution is -2.30. The van der Waals surface area contributed by atoms with E-state index in [0.717, 1.165) is 19.4 Å². The quantitative estimate of drug-likeness (QED) is 0.524. The zero-order chi connectivity index (χ0) is 8.10. The Morgan fingerprint density at radius 3 is 2.91 bits per heavy atom. The van der Waals surface area contributed by atoms with Crippen molar-refractivity contribution in [2.45, 2.75) is 26.2 Å². The van der Waals surface area contributed by atoms with Crippen LogP contribution < -0.4 is 0 Å². The second-order valence-corrected chi connectivity index (χ2v) is 2.71. The van der Waals surface area contributed by atoms with Gasteiger partial charge in [0.05, 0.1) is 6.54 Å². The molecule has 0 spiro atoms. The van der Waals surface area contributed by atoms with Gasteiger partial charge in [-0.2, -0.15) is 0 Å². The standard InChI is InChI=1S/C9H14NO/c1-2-6-9(11)10-7-4-3-5-8-10/h2,6-7H,3-5,8H2,1H3. The summed E-state index contributed by atoms with van der Waals surface area (Å²) in [7, 11) is 0. The van der Waals surface area contributed by atoms with Crippen molar-refractivity contribution in [2.24, 2.45) is 0 Å². The van der Waals surface area contributed by atoms with E-state index in [1.165, 1.54) is 6.42 Å². The molecule has 2 nitrogen and oxygen atoms in total. The van der Waals surface area contributed by atoms with E-state index in [4.69, 9.17) is 0 Å². The van der Waals surface area contributed by atoms with Crippen LogP contribution in [0.15, 0.2) is 12.2 Å². The largest absolute Gasteiger partial charge is 0.334 e. The van der Waals surface area contributed by atoms with Crippen LogP contribution in [0.2, 0.25) is 0 Å². The van der Waals surface area contributed by atoms with Gasteiger partial charge in [-0.3, -0.25) is 4.79 Å². The fourth-order valence-electron chi connectivity index (χ4n) is 1.20. The first-order chi connectivity index (χ1) is 5.34. The molecule has 1 fully saturated rings. The fraction of sp³-hybridized carbons (Fsp3) is 0.556. The van der Waals surface area contributed by atoms with Gasteiger partial charge in [0.15, 0.2) is 0 Å². The van der Waals surface area contributed by atoms with Crippen LogP contribution in [0.1, 0.15) is 26.2 Å². The number of nitrogens with zero attached hydrogens (tertiary/aromatic N) is 1. The van der Waals surface area contributed by atoms with Gasteiger partial charge in [-0.05, 0) is 32.3 Å². The Morgan fingerprint density at radius 1 is 1.55 bits per heavy atom. The molecule has 1 saturated heterocycles. The molecule has 0 atom stereocenters. The number of likely N-dealkylation sites (tertiary alicyclic amines) is 1. The molecule has 0 aromatic rings. The fourth-order valence-corrected chi connectivity index (χ4v) is 1.20. The molecule has 0 bridgehead atoms. The Hall–Kier alpha value is -0.790. The predicted molar refractivity (Wildman–Crippen MR) is 44.7 cm³/mol. The molecule has 0 aliphatic carbocycles. The minimum absolute atomic E-state index is 0.118. The number of amides is 1. The van der Waals surface area contributed by atoms with E-state index >= 15 is 0 Å². The second kappa shape index (κ2) is 4.16. The molecule has 61 valence electrons. The number of hydrogen-bond donors (Lipinski definition) is 0. The van der Waals surface area contributed by atoms with Crippen molar-refractivity contribution in [1.82, 2.24) is 4.90 Å². The van der Waals surface area contributed by atoms with Crippen LogP contribution in [0, 0.1) is 6.54 Å². The van der Waals surface area contributed by atoms with Crippen molar-refractivity contribution < 1.29 is 4.79 Å². The van der Waals surface area contributed by atoms with Crippen molar-refractivity contribution in [3.8, 4) is 0 Å². The lowest BCUT2D eigenvalue weighted by Gasteiger charge is -2.24. The molecular formula is C9H14NO. The number of rotatable bonds is 1. The van der Waals surface area contributed by atoms with Gasteiger partial charge in [0.25, 0.3) is 0 Å². The summed E-state index contributed by atoms with van der Waals surface area (Å²) < 4.78 is 0. The van der Waals surface area contributed by atoms with Gasteiger partial charge < -0.3 is 4.90 Å². The van der Waals surface area contributed by atoms with E-state index < -0.39 is 0 Å². The van der Waals surface area contributed by atoms with Gasteiger partial charge in [0.1, 0.15) is 0 Å². The van der Waals surface area contributed by atoms with E-state index in [2.05, 4.69) is 0 Å². The second-order valence-electron chi connectivity index (χ2n) is 2.71. The lowest BCUT2D eigenvalue weighted by molar-refractivity contribution is -0.125. The Bertz CT molecular complexity index is 157. The van der Waals surface area contributed by atoms with Crippen molar-refractivity contribution in [3.63, 3.8) is 0 Å². The molecule has 1 aliphatic heterocycles. The van der Waals surface area contributed by atoms with Crippen LogP contribution in [0.3, 0.4) is 0 Å². The summed E-state index contributed by atoms with van der Waals surface area (Å²) in [6.07, 6.45) is 6.80. The normalized spacial score (nSPS) is 19.2. The maximum atomic E-state index is 11.2. The predicted octanol–water partition coefficient (Wildman–Crippen LogP) is 1.74. The maximum Gasteiger partial charge on any atom is 0.246 e. The Balaban J connectivity index is 2.38. The molecule has 1 heterocycles. The third kappa shape index (κ3) is 2.37. The highest BCUT2D eigenvalue weighted by Gasteiger charge is 2.13. The zero-order valence-electron chi connectivity index (χ0n) is 6.92. The summed E-state index contributed by atoms with van der Waals surface area (Å²) in [4.78, 5) is 13.0. The van der Waals surface area contributed by atoms with Gasteiger partial charge in [0.2, 0.25) is 5.91 Å². The minimum atomic E-state index is 0.118. The Morgan fingerprint density at radius 2 is 2.36 bits per heavy atom. The summed E-state index contributed by atoms with van der Waals surface area (Å²) in [6.45, 7) is 4.75. The molecule has 1 radical (unpaired) electrons. The minimum Gasteiger partial charge on any atom is -0.334 e. The van der Waals surface area contributed by atoms with E-state index in [1.54, 1.807) is 17.1 Å². The SMILES string of the molecule is CC=CC(=O)N1[CH]CCCC1. The summed E-state index contributed by atoms with van der Waals surface area (Å²) in [5.74, 6) is 0.118. The molecule has 0 aromatic heterocycles. The molecule has 2 heteroatoms. The first-order valence-electron chi connectivity index (χ1n) is 4.11. The van der Waals surface area contributed by atoms with Gasteiger partial charge in [-0.15, -0.1) is 0 Å². The van der Waals surface area contributed by atoms with Crippen LogP contribution in [0.5, 0.6) is 0 Å². The maximum absolute atomic E-state index is 11.2. The summed E-state index contributed by atoms with van der Waals surface area (Å²) in [5, 5.41) is 0. The van der Waals surface area contributed by atoms with Gasteiger partial charge >= 0.3 is 0 Å². The van der Waals surface area contributed by atoms with Crippen LogP contribution in [-0.2, 0) is 4.79 Å². The summed E-state index contributed by atoms with van der Waals surface area (Å²) >= 11 is 0. The van der Waals surface area contributed by atoms with Crippen molar-refractivity contribution in [2.75, 3.05) is 6.54 Å². The molecule has 1 rings (SSSR count). The molecular weight excluding hydrogens is 138 g/mol. The molecule has 1 amide bonds. The molecule has 1 aliphatic rings. The summed E-state index contributed by atoms with van der Waals surface area (Å²) in [5.41, 5.74) is 0. The van der Waals surface area contributed by atoms with E-state index in [0.29, 0.717) is 0 Å².